The predicted octanol–water partition coefficient (Wildman–Crippen LogP) is 2.66. The van der Waals surface area contributed by atoms with E-state index in [2.05, 4.69) is 46.0 Å². The van der Waals surface area contributed by atoms with Gasteiger partial charge < -0.3 is 20.6 Å². The molecule has 3 N–H and O–H groups in total. The first-order valence-corrected chi connectivity index (χ1v) is 12.5. The number of nitrogens with two attached hydrogens (primary N) is 1. The maximum atomic E-state index is 13.6. The highest BCUT2D eigenvalue weighted by atomic mass is 19.1. The predicted molar refractivity (Wildman–Crippen MR) is 140 cm³/mol. The lowest BCUT2D eigenvalue weighted by atomic mass is 10.1. The number of halogens is 2. The molecule has 0 amide bonds. The van der Waals surface area contributed by atoms with Gasteiger partial charge in [-0.1, -0.05) is 26.0 Å². The van der Waals surface area contributed by atoms with Gasteiger partial charge >= 0.3 is 0 Å². The molecule has 3 aromatic rings. The smallest absolute Gasteiger partial charge is 0.224 e. The number of hydrogen-bond donors (Lipinski definition) is 2. The summed E-state index contributed by atoms with van der Waals surface area (Å²) < 4.78 is 29.0. The molecule has 196 valence electrons. The van der Waals surface area contributed by atoms with E-state index in [1.807, 2.05) is 22.1 Å². The molecule has 2 saturated heterocycles. The van der Waals surface area contributed by atoms with Crippen LogP contribution >= 0.6 is 0 Å². The summed E-state index contributed by atoms with van der Waals surface area (Å²) in [5, 5.41) is 14.2. The Morgan fingerprint density at radius 2 is 1.68 bits per heavy atom. The number of nitrogens with zero attached hydrogens (tertiary/aromatic N) is 7. The number of β-amino-alcohol motifs (C(OH)–C–C–N with tert-alkyl or cyclic N) is 1. The topological polar surface area (TPSA) is 99.6 Å². The quantitative estimate of drug-likeness (QED) is 0.501. The van der Waals surface area contributed by atoms with Crippen molar-refractivity contribution in [1.82, 2.24) is 24.6 Å². The first-order chi connectivity index (χ1) is 17.8. The fraction of sp³-hybridized carbons (Fsp3) is 0.423. The highest BCUT2D eigenvalue weighted by molar-refractivity contribution is 5.56. The number of piperazine rings is 1. The molecule has 0 radical (unpaired) electrons. The van der Waals surface area contributed by atoms with Crippen molar-refractivity contribution in [3.63, 3.8) is 0 Å². The van der Waals surface area contributed by atoms with Crippen LogP contribution in [0.4, 0.5) is 26.2 Å². The summed E-state index contributed by atoms with van der Waals surface area (Å²) in [6.07, 6.45) is 5.67. The van der Waals surface area contributed by atoms with Gasteiger partial charge in [-0.15, -0.1) is 0 Å². The van der Waals surface area contributed by atoms with Gasteiger partial charge in [-0.2, -0.15) is 15.1 Å². The molecule has 0 bridgehead atoms. The molecule has 37 heavy (non-hydrogen) atoms. The van der Waals surface area contributed by atoms with E-state index < -0.39 is 11.6 Å². The molecule has 2 aliphatic rings. The van der Waals surface area contributed by atoms with Gasteiger partial charge in [-0.05, 0) is 18.1 Å². The van der Waals surface area contributed by atoms with E-state index in [9.17, 15) is 13.9 Å². The molecule has 9 nitrogen and oxygen atoms in total. The Morgan fingerprint density at radius 1 is 1.00 bits per heavy atom. The molecular weight excluding hydrogens is 478 g/mol. The van der Waals surface area contributed by atoms with Gasteiger partial charge in [0.1, 0.15) is 17.5 Å². The van der Waals surface area contributed by atoms with E-state index in [0.29, 0.717) is 43.5 Å². The van der Waals surface area contributed by atoms with Gasteiger partial charge in [0, 0.05) is 69.2 Å². The summed E-state index contributed by atoms with van der Waals surface area (Å²) in [7, 11) is 0. The molecular formula is C26H32F2N8O. The van der Waals surface area contributed by atoms with Crippen LogP contribution in [-0.2, 0) is 0 Å². The third-order valence-corrected chi connectivity index (χ3v) is 6.75. The van der Waals surface area contributed by atoms with Gasteiger partial charge in [-0.3, -0.25) is 4.90 Å². The number of anilines is 3. The Bertz CT molecular complexity index is 1260. The molecule has 0 saturated carbocycles. The number of aliphatic hydroxyl groups is 1. The van der Waals surface area contributed by atoms with Gasteiger partial charge in [0.2, 0.25) is 5.95 Å². The summed E-state index contributed by atoms with van der Waals surface area (Å²) in [6, 6.07) is 5.50. The maximum absolute atomic E-state index is 13.6. The molecule has 4 heterocycles. The van der Waals surface area contributed by atoms with E-state index in [4.69, 9.17) is 5.73 Å². The fourth-order valence-corrected chi connectivity index (χ4v) is 4.85. The first-order valence-electron chi connectivity index (χ1n) is 12.5. The third kappa shape index (κ3) is 5.57. The zero-order valence-corrected chi connectivity index (χ0v) is 21.1. The number of aliphatic hydroxyl groups excluding tert-OH is 1. The first kappa shape index (κ1) is 25.1. The van der Waals surface area contributed by atoms with Gasteiger partial charge in [0.25, 0.3) is 0 Å². The van der Waals surface area contributed by atoms with E-state index in [1.165, 1.54) is 12.1 Å². The van der Waals surface area contributed by atoms with Crippen LogP contribution in [0.1, 0.15) is 31.0 Å². The van der Waals surface area contributed by atoms with Crippen LogP contribution in [0.3, 0.4) is 0 Å². The number of rotatable bonds is 7. The van der Waals surface area contributed by atoms with Gasteiger partial charge in [-0.25, -0.2) is 13.5 Å². The molecule has 0 aliphatic carbocycles. The van der Waals surface area contributed by atoms with Crippen molar-refractivity contribution < 1.29 is 13.9 Å². The highest BCUT2D eigenvalue weighted by Gasteiger charge is 2.27. The Hall–Kier alpha value is -3.57. The zero-order chi connectivity index (χ0) is 26.1. The third-order valence-electron chi connectivity index (χ3n) is 6.75. The molecule has 1 aromatic carbocycles. The largest absolute Gasteiger partial charge is 0.389 e. The van der Waals surface area contributed by atoms with Crippen LogP contribution < -0.4 is 15.5 Å². The van der Waals surface area contributed by atoms with Crippen LogP contribution in [0.25, 0.3) is 11.9 Å². The number of aromatic nitrogens is 4. The Balaban J connectivity index is 1.25. The molecule has 0 unspecified atom stereocenters. The molecule has 2 aromatic heterocycles. The summed E-state index contributed by atoms with van der Waals surface area (Å²) in [5.74, 6) is 0.510. The Morgan fingerprint density at radius 3 is 2.32 bits per heavy atom. The van der Waals surface area contributed by atoms with Gasteiger partial charge in [0.05, 0.1) is 18.0 Å². The molecule has 11 heteroatoms. The maximum Gasteiger partial charge on any atom is 0.224 e. The minimum Gasteiger partial charge on any atom is -0.389 e. The standard InChI is InChI=1S/C26H32F2N8O/c1-17(2)25-18(14-30-36(25)24-13-23(31-26(29)32-24)35-15-22(37)16-35)4-3-5-33-6-8-34(9-7-33)21-11-19(27)10-20(28)12-21/h3-4,10-14,17,22,37H,5-9,15-16H2,1-2H3,(H2,29,31,32)/b4-3+. The van der Waals surface area contributed by atoms with Crippen molar-refractivity contribution in [1.29, 1.82) is 0 Å². The van der Waals surface area contributed by atoms with Crippen LogP contribution in [0.5, 0.6) is 0 Å². The van der Waals surface area contributed by atoms with Crippen LogP contribution in [0.15, 0.2) is 36.5 Å². The van der Waals surface area contributed by atoms with E-state index >= 15 is 0 Å². The van der Waals surface area contributed by atoms with E-state index in [1.54, 1.807) is 4.68 Å². The van der Waals surface area contributed by atoms with E-state index in [-0.39, 0.29) is 18.0 Å². The molecule has 5 rings (SSSR count). The number of hydrogen-bond acceptors (Lipinski definition) is 8. The van der Waals surface area contributed by atoms with Crippen molar-refractivity contribution in [3.8, 4) is 5.82 Å². The summed E-state index contributed by atoms with van der Waals surface area (Å²) in [5.41, 5.74) is 8.59. The minimum atomic E-state index is -0.554. The number of benzene rings is 1. The van der Waals surface area contributed by atoms with Crippen molar-refractivity contribution in [2.45, 2.75) is 25.9 Å². The van der Waals surface area contributed by atoms with Crippen LogP contribution in [0.2, 0.25) is 0 Å². The molecule has 0 spiro atoms. The average Bonchev–Trinajstić information content (AvgIpc) is 3.26. The SMILES string of the molecule is CC(C)c1c(/C=C/CN2CCN(c3cc(F)cc(F)c3)CC2)cnn1-c1cc(N2CC(O)C2)nc(N)n1. The van der Waals surface area contributed by atoms with Crippen molar-refractivity contribution in [2.75, 3.05) is 61.3 Å². The van der Waals surface area contributed by atoms with Crippen LogP contribution in [0, 0.1) is 11.6 Å². The lowest BCUT2D eigenvalue weighted by Gasteiger charge is -2.36. The number of nitrogen functional groups attached to an aromatic ring is 1. The monoisotopic (exact) mass is 510 g/mol. The van der Waals surface area contributed by atoms with Crippen molar-refractivity contribution >= 4 is 23.5 Å². The Labute approximate surface area is 214 Å². The van der Waals surface area contributed by atoms with Crippen molar-refractivity contribution in [3.05, 3.63) is 59.4 Å². The normalized spacial score (nSPS) is 17.2. The lowest BCUT2D eigenvalue weighted by molar-refractivity contribution is 0.141. The molecule has 2 aliphatic heterocycles. The molecule has 2 fully saturated rings. The minimum absolute atomic E-state index is 0.163. The Kier molecular flexibility index (Phi) is 7.07. The second kappa shape index (κ2) is 10.4. The summed E-state index contributed by atoms with van der Waals surface area (Å²) in [4.78, 5) is 15.0. The van der Waals surface area contributed by atoms with Gasteiger partial charge in [0.15, 0.2) is 5.82 Å². The van der Waals surface area contributed by atoms with Crippen molar-refractivity contribution in [2.24, 2.45) is 0 Å². The molecule has 0 atom stereocenters. The van der Waals surface area contributed by atoms with Crippen LogP contribution in [-0.4, -0.2) is 81.7 Å². The zero-order valence-electron chi connectivity index (χ0n) is 21.1. The second-order valence-corrected chi connectivity index (χ2v) is 9.87. The fourth-order valence-electron chi connectivity index (χ4n) is 4.85. The van der Waals surface area contributed by atoms with E-state index in [0.717, 1.165) is 37.0 Å². The second-order valence-electron chi connectivity index (χ2n) is 9.87. The summed E-state index contributed by atoms with van der Waals surface area (Å²) in [6.45, 7) is 9.03. The lowest BCUT2D eigenvalue weighted by Crippen LogP contribution is -2.51. The highest BCUT2D eigenvalue weighted by Crippen LogP contribution is 2.27. The summed E-state index contributed by atoms with van der Waals surface area (Å²) >= 11 is 0. The average molecular weight is 511 g/mol.